The van der Waals surface area contributed by atoms with Crippen LogP contribution in [-0.2, 0) is 28.8 Å². The topological polar surface area (TPSA) is 174 Å². The molecule has 3 saturated heterocycles. The highest BCUT2D eigenvalue weighted by molar-refractivity contribution is 8.01. The molecule has 4 atom stereocenters. The van der Waals surface area contributed by atoms with Crippen molar-refractivity contribution in [3.05, 3.63) is 11.1 Å². The number of thioether (sulfide) groups is 1. The van der Waals surface area contributed by atoms with Crippen LogP contribution in [0.4, 0.5) is 5.13 Å². The Hall–Kier alpha value is -2.87. The lowest BCUT2D eigenvalue weighted by atomic mass is 9.98. The number of carboxylic acid groups (broad SMARTS) is 1. The summed E-state index contributed by atoms with van der Waals surface area (Å²) >= 11 is 2.20. The third-order valence-corrected chi connectivity index (χ3v) is 6.77. The molecule has 0 unspecified atom stereocenters. The lowest BCUT2D eigenvalue weighted by molar-refractivity contribution is -0.204. The maximum Gasteiger partial charge on any atom is 0.371 e. The van der Waals surface area contributed by atoms with Gasteiger partial charge in [-0.2, -0.15) is 0 Å². The molecule has 2 amide bonds. The summed E-state index contributed by atoms with van der Waals surface area (Å²) in [4.78, 5) is 58.2. The number of nitrogens with zero attached hydrogens (tertiary/aromatic N) is 3. The van der Waals surface area contributed by atoms with Crippen LogP contribution in [0.1, 0.15) is 12.1 Å². The number of carbonyl (C=O) groups is 4. The lowest BCUT2D eigenvalue weighted by Crippen LogP contribution is -2.75. The van der Waals surface area contributed by atoms with Crippen molar-refractivity contribution in [1.29, 1.82) is 0 Å². The molecule has 3 aliphatic rings. The van der Waals surface area contributed by atoms with Crippen LogP contribution in [0, 0.1) is 0 Å². The second-order valence-electron chi connectivity index (χ2n) is 6.05. The van der Waals surface area contributed by atoms with Gasteiger partial charge in [0.2, 0.25) is 0 Å². The first-order valence-corrected chi connectivity index (χ1v) is 9.69. The summed E-state index contributed by atoms with van der Waals surface area (Å²) in [5.74, 6) is -3.51. The van der Waals surface area contributed by atoms with E-state index in [9.17, 15) is 24.3 Å². The Balaban J connectivity index is 1.54. The van der Waals surface area contributed by atoms with Gasteiger partial charge in [-0.15, -0.1) is 23.1 Å². The van der Waals surface area contributed by atoms with Gasteiger partial charge in [-0.25, -0.2) is 9.78 Å². The second-order valence-corrected chi connectivity index (χ2v) is 8.26. The number of thiazole rings is 1. The summed E-state index contributed by atoms with van der Waals surface area (Å²) in [5, 5.41) is 16.0. The molecule has 14 heteroatoms. The van der Waals surface area contributed by atoms with Gasteiger partial charge in [0.1, 0.15) is 24.2 Å². The van der Waals surface area contributed by atoms with Crippen molar-refractivity contribution in [1.82, 2.24) is 15.2 Å². The van der Waals surface area contributed by atoms with Crippen molar-refractivity contribution in [2.45, 2.75) is 28.8 Å². The summed E-state index contributed by atoms with van der Waals surface area (Å²) in [6, 6.07) is -1.00. The first kappa shape index (κ1) is 18.5. The number of nitrogen functional groups attached to an aromatic ring is 1. The normalized spacial score (nSPS) is 31.0. The van der Waals surface area contributed by atoms with Gasteiger partial charge in [0.25, 0.3) is 17.5 Å². The Labute approximate surface area is 165 Å². The zero-order valence-electron chi connectivity index (χ0n) is 14.1. The first-order chi connectivity index (χ1) is 13.3. The number of nitrogens with one attached hydrogen (secondary N) is 1. The van der Waals surface area contributed by atoms with Crippen LogP contribution in [0.15, 0.2) is 10.5 Å². The number of oxime groups is 1. The number of amides is 2. The number of carboxylic acids is 1. The number of hydrogen-bond acceptors (Lipinski definition) is 11. The fourth-order valence-electron chi connectivity index (χ4n) is 3.36. The molecule has 4 rings (SSSR count). The molecule has 0 aromatic carbocycles. The number of hydrogen-bond donors (Lipinski definition) is 3. The number of ether oxygens (including phenoxy) is 1. The number of esters is 1. The number of anilines is 1. The van der Waals surface area contributed by atoms with Gasteiger partial charge in [-0.05, 0) is 0 Å². The van der Waals surface area contributed by atoms with Gasteiger partial charge in [0, 0.05) is 5.38 Å². The molecular weight excluding hydrogens is 414 g/mol. The molecule has 28 heavy (non-hydrogen) atoms. The molecule has 1 aromatic rings. The van der Waals surface area contributed by atoms with E-state index in [4.69, 9.17) is 10.5 Å². The molecule has 0 radical (unpaired) electrons. The minimum absolute atomic E-state index is 0.133. The summed E-state index contributed by atoms with van der Waals surface area (Å²) in [6.07, 6.45) is -0.133. The SMILES string of the molecule is CON=C(C(=O)N[C@@H]1C(=O)N2[C@@H]1S[C@H]1CC(=O)O[C@]12C(=O)O)c1csc(N)n1. The molecule has 0 bridgehead atoms. The van der Waals surface area contributed by atoms with Crippen LogP contribution < -0.4 is 11.1 Å². The van der Waals surface area contributed by atoms with Crippen molar-refractivity contribution < 1.29 is 33.9 Å². The molecule has 12 nitrogen and oxygen atoms in total. The van der Waals surface area contributed by atoms with E-state index < -0.39 is 46.1 Å². The molecular formula is C14H13N5O7S2. The van der Waals surface area contributed by atoms with Crippen LogP contribution in [-0.4, -0.2) is 74.0 Å². The zero-order chi connectivity index (χ0) is 20.2. The number of nitrogens with two attached hydrogens (primary N) is 1. The molecule has 4 heterocycles. The number of rotatable bonds is 5. The maximum absolute atomic E-state index is 12.6. The van der Waals surface area contributed by atoms with E-state index in [0.717, 1.165) is 28.0 Å². The summed E-state index contributed by atoms with van der Waals surface area (Å²) in [5.41, 5.74) is 3.54. The number of β-lactam (4-membered cyclic amide) rings is 1. The molecule has 3 aliphatic heterocycles. The number of carbonyl (C=O) groups excluding carboxylic acids is 3. The van der Waals surface area contributed by atoms with Gasteiger partial charge < -0.3 is 25.7 Å². The van der Waals surface area contributed by atoms with E-state index in [1.54, 1.807) is 0 Å². The lowest BCUT2D eigenvalue weighted by Gasteiger charge is -2.46. The average Bonchev–Trinajstić information content (AvgIpc) is 3.27. The minimum Gasteiger partial charge on any atom is -0.477 e. The predicted octanol–water partition coefficient (Wildman–Crippen LogP) is -1.43. The monoisotopic (exact) mass is 427 g/mol. The molecule has 0 spiro atoms. The standard InChI is InChI=1S/C14H13N5O7S2/c1-25-18-7(4-3-27-13(15)16-4)9(21)17-8-10(22)19-11(8)28-5-2-6(20)26-14(5,19)12(23)24/h3,5,8,11H,2H2,1H3,(H2,15,16)(H,17,21)(H,23,24)/t5-,8+,11+,14-/m0/s1. The fourth-order valence-corrected chi connectivity index (χ4v) is 5.65. The van der Waals surface area contributed by atoms with Crippen molar-refractivity contribution in [2.24, 2.45) is 5.16 Å². The smallest absolute Gasteiger partial charge is 0.371 e. The number of aliphatic carboxylic acids is 1. The summed E-state index contributed by atoms with van der Waals surface area (Å²) < 4.78 is 5.02. The average molecular weight is 427 g/mol. The van der Waals surface area contributed by atoms with E-state index in [1.807, 2.05) is 0 Å². The van der Waals surface area contributed by atoms with E-state index in [2.05, 4.69) is 20.3 Å². The largest absolute Gasteiger partial charge is 0.477 e. The van der Waals surface area contributed by atoms with Crippen LogP contribution in [0.25, 0.3) is 0 Å². The van der Waals surface area contributed by atoms with Crippen LogP contribution in [0.2, 0.25) is 0 Å². The van der Waals surface area contributed by atoms with E-state index in [-0.39, 0.29) is 23.0 Å². The van der Waals surface area contributed by atoms with Crippen molar-refractivity contribution >= 4 is 57.7 Å². The van der Waals surface area contributed by atoms with E-state index >= 15 is 0 Å². The zero-order valence-corrected chi connectivity index (χ0v) is 15.8. The number of aromatic nitrogens is 1. The van der Waals surface area contributed by atoms with Gasteiger partial charge in [0.05, 0.1) is 11.7 Å². The van der Waals surface area contributed by atoms with Crippen LogP contribution >= 0.6 is 23.1 Å². The summed E-state index contributed by atoms with van der Waals surface area (Å²) in [7, 11) is 1.25. The highest BCUT2D eigenvalue weighted by Crippen LogP contribution is 2.55. The fraction of sp³-hybridized carbons (Fsp3) is 0.429. The summed E-state index contributed by atoms with van der Waals surface area (Å²) in [6.45, 7) is 0. The molecule has 148 valence electrons. The van der Waals surface area contributed by atoms with Crippen molar-refractivity contribution in [3.8, 4) is 0 Å². The predicted molar refractivity (Wildman–Crippen MR) is 95.1 cm³/mol. The van der Waals surface area contributed by atoms with Gasteiger partial charge in [-0.3, -0.25) is 19.3 Å². The molecule has 0 aliphatic carbocycles. The van der Waals surface area contributed by atoms with Crippen LogP contribution in [0.5, 0.6) is 0 Å². The first-order valence-electron chi connectivity index (χ1n) is 7.87. The van der Waals surface area contributed by atoms with Gasteiger partial charge >= 0.3 is 11.9 Å². The van der Waals surface area contributed by atoms with E-state index in [0.29, 0.717) is 0 Å². The van der Waals surface area contributed by atoms with Crippen molar-refractivity contribution in [3.63, 3.8) is 0 Å². The van der Waals surface area contributed by atoms with Crippen molar-refractivity contribution in [2.75, 3.05) is 12.8 Å². The third-order valence-electron chi connectivity index (χ3n) is 4.52. The van der Waals surface area contributed by atoms with Gasteiger partial charge in [-0.1, -0.05) is 5.16 Å². The number of fused-ring (bicyclic) bond motifs is 3. The maximum atomic E-state index is 12.6. The Bertz CT molecular complexity index is 933. The quantitative estimate of drug-likeness (QED) is 0.219. The molecule has 0 saturated carbocycles. The molecule has 1 aromatic heterocycles. The highest BCUT2D eigenvalue weighted by Gasteiger charge is 2.75. The molecule has 3 fully saturated rings. The Morgan fingerprint density at radius 3 is 2.89 bits per heavy atom. The van der Waals surface area contributed by atoms with E-state index in [1.165, 1.54) is 12.5 Å². The Kier molecular flexibility index (Phi) is 4.19. The minimum atomic E-state index is -2.03. The van der Waals surface area contributed by atoms with Gasteiger partial charge in [0.15, 0.2) is 10.8 Å². The highest BCUT2D eigenvalue weighted by atomic mass is 32.2. The Morgan fingerprint density at radius 1 is 1.54 bits per heavy atom. The molecule has 4 N–H and O–H groups in total. The third kappa shape index (κ3) is 2.44. The van der Waals surface area contributed by atoms with Crippen LogP contribution in [0.3, 0.4) is 0 Å². The Morgan fingerprint density at radius 2 is 2.29 bits per heavy atom. The second kappa shape index (κ2) is 6.34.